The van der Waals surface area contributed by atoms with Gasteiger partial charge in [-0.3, -0.25) is 9.78 Å². The van der Waals surface area contributed by atoms with E-state index in [2.05, 4.69) is 20.5 Å². The third-order valence-corrected chi connectivity index (χ3v) is 4.78. The summed E-state index contributed by atoms with van der Waals surface area (Å²) in [6.07, 6.45) is 4.96. The number of hydrogen-bond acceptors (Lipinski definition) is 5. The molecule has 5 nitrogen and oxygen atoms in total. The Morgan fingerprint density at radius 3 is 2.58 bits per heavy atom. The molecule has 1 aliphatic carbocycles. The minimum absolute atomic E-state index is 0.318. The Balaban J connectivity index is 1.56. The number of pyridine rings is 1. The Morgan fingerprint density at radius 1 is 1.08 bits per heavy atom. The summed E-state index contributed by atoms with van der Waals surface area (Å²) in [6, 6.07) is 14.1. The molecule has 26 heavy (non-hydrogen) atoms. The van der Waals surface area contributed by atoms with Crippen LogP contribution in [0.2, 0.25) is 0 Å². The van der Waals surface area contributed by atoms with E-state index in [0.29, 0.717) is 17.1 Å². The maximum absolute atomic E-state index is 13.2. The van der Waals surface area contributed by atoms with Crippen molar-refractivity contribution in [2.75, 3.05) is 5.32 Å². The molecule has 130 valence electrons. The molecular weight excluding hydrogens is 331 g/mol. The van der Waals surface area contributed by atoms with Crippen molar-refractivity contribution in [3.8, 4) is 11.3 Å². The van der Waals surface area contributed by atoms with E-state index in [1.807, 2.05) is 24.3 Å². The van der Waals surface area contributed by atoms with Gasteiger partial charge >= 0.3 is 0 Å². The van der Waals surface area contributed by atoms with Crippen LogP contribution < -0.4 is 5.32 Å². The van der Waals surface area contributed by atoms with E-state index in [1.54, 1.807) is 18.2 Å². The van der Waals surface area contributed by atoms with Gasteiger partial charge in [0.25, 0.3) is 0 Å². The maximum atomic E-state index is 13.2. The SMILES string of the molecule is O=Cc1cccc(-c2ccc(NC3(c4ccc(F)cn4)CCC3)nn2)c1. The lowest BCUT2D eigenvalue weighted by atomic mass is 9.74. The van der Waals surface area contributed by atoms with Gasteiger partial charge in [0.2, 0.25) is 0 Å². The molecule has 2 aromatic heterocycles. The summed E-state index contributed by atoms with van der Waals surface area (Å²) in [5.41, 5.74) is 2.63. The van der Waals surface area contributed by atoms with Crippen molar-refractivity contribution in [1.29, 1.82) is 0 Å². The van der Waals surface area contributed by atoms with Crippen molar-refractivity contribution in [3.63, 3.8) is 0 Å². The highest BCUT2D eigenvalue weighted by molar-refractivity contribution is 5.78. The van der Waals surface area contributed by atoms with Gasteiger partial charge in [-0.15, -0.1) is 10.2 Å². The van der Waals surface area contributed by atoms with Crippen LogP contribution in [-0.2, 0) is 5.54 Å². The van der Waals surface area contributed by atoms with E-state index in [4.69, 9.17) is 0 Å². The van der Waals surface area contributed by atoms with E-state index >= 15 is 0 Å². The maximum Gasteiger partial charge on any atom is 0.150 e. The van der Waals surface area contributed by atoms with Crippen molar-refractivity contribution in [1.82, 2.24) is 15.2 Å². The quantitative estimate of drug-likeness (QED) is 0.706. The molecular formula is C20H17FN4O. The molecule has 1 saturated carbocycles. The van der Waals surface area contributed by atoms with E-state index < -0.39 is 0 Å². The molecule has 0 amide bonds. The Morgan fingerprint density at radius 2 is 1.96 bits per heavy atom. The van der Waals surface area contributed by atoms with Crippen molar-refractivity contribution in [2.45, 2.75) is 24.8 Å². The topological polar surface area (TPSA) is 67.8 Å². The molecule has 1 fully saturated rings. The molecule has 1 aromatic carbocycles. The van der Waals surface area contributed by atoms with Crippen LogP contribution in [0, 0.1) is 5.82 Å². The van der Waals surface area contributed by atoms with Gasteiger partial charge in [0.1, 0.15) is 17.9 Å². The molecule has 0 bridgehead atoms. The molecule has 3 aromatic rings. The lowest BCUT2D eigenvalue weighted by molar-refractivity contribution is 0.112. The number of benzene rings is 1. The van der Waals surface area contributed by atoms with Crippen LogP contribution in [0.4, 0.5) is 10.2 Å². The molecule has 6 heteroatoms. The van der Waals surface area contributed by atoms with Gasteiger partial charge in [-0.25, -0.2) is 4.39 Å². The number of anilines is 1. The number of aromatic nitrogens is 3. The molecule has 1 aliphatic rings. The van der Waals surface area contributed by atoms with E-state index in [1.165, 1.54) is 12.3 Å². The Labute approximate surface area is 150 Å². The number of hydrogen-bond donors (Lipinski definition) is 1. The van der Waals surface area contributed by atoms with Crippen LogP contribution in [0.1, 0.15) is 35.3 Å². The van der Waals surface area contributed by atoms with Gasteiger partial charge in [0.05, 0.1) is 23.1 Å². The third kappa shape index (κ3) is 3.06. The molecule has 0 aliphatic heterocycles. The lowest BCUT2D eigenvalue weighted by Crippen LogP contribution is -2.43. The highest BCUT2D eigenvalue weighted by Gasteiger charge is 2.40. The van der Waals surface area contributed by atoms with E-state index in [9.17, 15) is 9.18 Å². The van der Waals surface area contributed by atoms with Crippen LogP contribution in [0.3, 0.4) is 0 Å². The molecule has 0 radical (unpaired) electrons. The Bertz CT molecular complexity index is 921. The summed E-state index contributed by atoms with van der Waals surface area (Å²) < 4.78 is 13.2. The fraction of sp³-hybridized carbons (Fsp3) is 0.200. The molecule has 0 spiro atoms. The second kappa shape index (κ2) is 6.63. The summed E-state index contributed by atoms with van der Waals surface area (Å²) in [4.78, 5) is 15.2. The van der Waals surface area contributed by atoms with Crippen molar-refractivity contribution in [2.24, 2.45) is 0 Å². The van der Waals surface area contributed by atoms with Crippen molar-refractivity contribution >= 4 is 12.1 Å². The summed E-state index contributed by atoms with van der Waals surface area (Å²) in [7, 11) is 0. The van der Waals surface area contributed by atoms with Gasteiger partial charge in [-0.2, -0.15) is 0 Å². The third-order valence-electron chi connectivity index (χ3n) is 4.78. The average molecular weight is 348 g/mol. The Kier molecular flexibility index (Phi) is 4.16. The normalized spacial score (nSPS) is 15.1. The number of nitrogens with zero attached hydrogens (tertiary/aromatic N) is 3. The van der Waals surface area contributed by atoms with E-state index in [-0.39, 0.29) is 11.4 Å². The highest BCUT2D eigenvalue weighted by Crippen LogP contribution is 2.42. The first-order chi connectivity index (χ1) is 12.7. The molecule has 0 saturated heterocycles. The first kappa shape index (κ1) is 16.3. The predicted molar refractivity (Wildman–Crippen MR) is 96.2 cm³/mol. The minimum atomic E-state index is -0.343. The number of aldehydes is 1. The largest absolute Gasteiger partial charge is 0.357 e. The molecule has 2 heterocycles. The second-order valence-corrected chi connectivity index (χ2v) is 6.47. The first-order valence-corrected chi connectivity index (χ1v) is 8.48. The van der Waals surface area contributed by atoms with Crippen molar-refractivity contribution < 1.29 is 9.18 Å². The number of carbonyl (C=O) groups is 1. The molecule has 0 atom stereocenters. The fourth-order valence-corrected chi connectivity index (χ4v) is 3.20. The van der Waals surface area contributed by atoms with Crippen molar-refractivity contribution in [3.05, 3.63) is 71.8 Å². The monoisotopic (exact) mass is 348 g/mol. The average Bonchev–Trinajstić information content (AvgIpc) is 2.66. The standard InChI is InChI=1S/C20H17FN4O/c21-16-5-7-18(22-12-16)20(9-2-10-20)23-19-8-6-17(24-25-19)15-4-1-3-14(11-15)13-26/h1,3-8,11-13H,2,9-10H2,(H,23,25). The van der Waals surface area contributed by atoms with Crippen LogP contribution in [-0.4, -0.2) is 21.5 Å². The van der Waals surface area contributed by atoms with Crippen LogP contribution >= 0.6 is 0 Å². The van der Waals surface area contributed by atoms with Crippen LogP contribution in [0.25, 0.3) is 11.3 Å². The van der Waals surface area contributed by atoms with Crippen LogP contribution in [0.5, 0.6) is 0 Å². The van der Waals surface area contributed by atoms with Gasteiger partial charge in [0, 0.05) is 11.1 Å². The fourth-order valence-electron chi connectivity index (χ4n) is 3.20. The number of halogens is 1. The molecule has 4 rings (SSSR count). The van der Waals surface area contributed by atoms with Crippen LogP contribution in [0.15, 0.2) is 54.7 Å². The van der Waals surface area contributed by atoms with E-state index in [0.717, 1.165) is 36.8 Å². The lowest BCUT2D eigenvalue weighted by Gasteiger charge is -2.42. The van der Waals surface area contributed by atoms with Gasteiger partial charge in [0.15, 0.2) is 0 Å². The number of rotatable bonds is 5. The number of nitrogens with one attached hydrogen (secondary N) is 1. The molecule has 1 N–H and O–H groups in total. The van der Waals surface area contributed by atoms with Gasteiger partial charge in [-0.05, 0) is 49.6 Å². The minimum Gasteiger partial charge on any atom is -0.357 e. The zero-order valence-corrected chi connectivity index (χ0v) is 14.0. The van der Waals surface area contributed by atoms with Gasteiger partial charge < -0.3 is 5.32 Å². The first-order valence-electron chi connectivity index (χ1n) is 8.48. The predicted octanol–water partition coefficient (Wildman–Crippen LogP) is 3.98. The Hall–Kier alpha value is -3.15. The summed E-state index contributed by atoms with van der Waals surface area (Å²) in [5, 5.41) is 11.9. The zero-order valence-electron chi connectivity index (χ0n) is 14.0. The second-order valence-electron chi connectivity index (χ2n) is 6.47. The summed E-state index contributed by atoms with van der Waals surface area (Å²) >= 11 is 0. The zero-order chi connectivity index (χ0) is 18.0. The smallest absolute Gasteiger partial charge is 0.150 e. The van der Waals surface area contributed by atoms with Gasteiger partial charge in [-0.1, -0.05) is 18.2 Å². The summed E-state index contributed by atoms with van der Waals surface area (Å²) in [5.74, 6) is 0.302. The number of carbonyl (C=O) groups excluding carboxylic acids is 1. The molecule has 0 unspecified atom stereocenters. The highest BCUT2D eigenvalue weighted by atomic mass is 19.1. The summed E-state index contributed by atoms with van der Waals surface area (Å²) in [6.45, 7) is 0.